The zero-order valence-corrected chi connectivity index (χ0v) is 6.02. The molecule has 0 radical (unpaired) electrons. The molecule has 0 unspecified atom stereocenters. The zero-order valence-electron chi connectivity index (χ0n) is 6.02. The van der Waals surface area contributed by atoms with Crippen LogP contribution in [0.25, 0.3) is 5.52 Å². The fraction of sp³-hybridized carbons (Fsp3) is 0. The van der Waals surface area contributed by atoms with Gasteiger partial charge in [-0.3, -0.25) is 14.0 Å². The Balaban J connectivity index is 3.15. The average Bonchev–Trinajstić information content (AvgIpc) is 2.07. The van der Waals surface area contributed by atoms with Crippen LogP contribution in [0.15, 0.2) is 34.1 Å². The fourth-order valence-electron chi connectivity index (χ4n) is 1.01. The third-order valence-electron chi connectivity index (χ3n) is 1.56. The van der Waals surface area contributed by atoms with Gasteiger partial charge in [-0.25, -0.2) is 5.10 Å². The molecule has 60 valence electrons. The first-order valence-corrected chi connectivity index (χ1v) is 3.34. The van der Waals surface area contributed by atoms with Crippen LogP contribution in [0.1, 0.15) is 0 Å². The van der Waals surface area contributed by atoms with E-state index < -0.39 is 0 Å². The number of aromatic amines is 1. The summed E-state index contributed by atoms with van der Waals surface area (Å²) in [5.74, 6) is 0. The molecular formula is C7H5N3O2. The van der Waals surface area contributed by atoms with E-state index in [0.717, 1.165) is 0 Å². The molecule has 12 heavy (non-hydrogen) atoms. The van der Waals surface area contributed by atoms with Gasteiger partial charge < -0.3 is 0 Å². The van der Waals surface area contributed by atoms with Crippen molar-refractivity contribution in [2.24, 2.45) is 0 Å². The summed E-state index contributed by atoms with van der Waals surface area (Å²) in [5, 5.41) is 5.73. The number of nitrogens with zero attached hydrogens (tertiary/aromatic N) is 2. The maximum atomic E-state index is 11.1. The lowest BCUT2D eigenvalue weighted by molar-refractivity contribution is 0.895. The van der Waals surface area contributed by atoms with E-state index >= 15 is 0 Å². The highest BCUT2D eigenvalue weighted by Crippen LogP contribution is 1.86. The van der Waals surface area contributed by atoms with Gasteiger partial charge in [0, 0.05) is 6.07 Å². The van der Waals surface area contributed by atoms with Gasteiger partial charge in [-0.1, -0.05) is 6.07 Å². The minimum absolute atomic E-state index is 0.258. The summed E-state index contributed by atoms with van der Waals surface area (Å²) in [6, 6.07) is 4.46. The van der Waals surface area contributed by atoms with Gasteiger partial charge in [0.1, 0.15) is 11.8 Å². The third-order valence-corrected chi connectivity index (χ3v) is 1.56. The van der Waals surface area contributed by atoms with Gasteiger partial charge in [0.2, 0.25) is 0 Å². The average molecular weight is 163 g/mol. The maximum Gasteiger partial charge on any atom is 0.288 e. The Morgan fingerprint density at radius 1 is 1.33 bits per heavy atom. The Bertz CT molecular complexity index is 476. The van der Waals surface area contributed by atoms with E-state index in [1.54, 1.807) is 6.07 Å². The molecule has 0 aliphatic carbocycles. The normalized spacial score (nSPS) is 10.3. The summed E-state index contributed by atoms with van der Waals surface area (Å²) in [7, 11) is 0. The number of H-pyrrole nitrogens is 1. The summed E-state index contributed by atoms with van der Waals surface area (Å²) < 4.78 is 1.19. The maximum absolute atomic E-state index is 11.1. The summed E-state index contributed by atoms with van der Waals surface area (Å²) >= 11 is 0. The van der Waals surface area contributed by atoms with E-state index in [1.165, 1.54) is 22.9 Å². The second-order valence-corrected chi connectivity index (χ2v) is 2.30. The fourth-order valence-corrected chi connectivity index (χ4v) is 1.01. The number of aromatic nitrogens is 3. The molecule has 0 aliphatic heterocycles. The molecule has 0 aliphatic rings. The van der Waals surface area contributed by atoms with Crippen molar-refractivity contribution >= 4 is 5.52 Å². The van der Waals surface area contributed by atoms with Gasteiger partial charge >= 0.3 is 0 Å². The van der Waals surface area contributed by atoms with Crippen molar-refractivity contribution in [2.45, 2.75) is 0 Å². The van der Waals surface area contributed by atoms with Crippen molar-refractivity contribution in [3.8, 4) is 0 Å². The largest absolute Gasteiger partial charge is 0.288 e. The predicted octanol–water partition coefficient (Wildman–Crippen LogP) is -0.617. The van der Waals surface area contributed by atoms with Crippen molar-refractivity contribution in [1.29, 1.82) is 0 Å². The minimum Gasteiger partial charge on any atom is -0.269 e. The summed E-state index contributed by atoms with van der Waals surface area (Å²) in [6.07, 6.45) is 1.28. The number of nitrogens with one attached hydrogen (secondary N) is 1. The van der Waals surface area contributed by atoms with Crippen LogP contribution in [0.3, 0.4) is 0 Å². The molecule has 0 atom stereocenters. The van der Waals surface area contributed by atoms with Gasteiger partial charge in [0.05, 0.1) is 0 Å². The van der Waals surface area contributed by atoms with Gasteiger partial charge in [0.25, 0.3) is 11.1 Å². The molecule has 2 rings (SSSR count). The Kier molecular flexibility index (Phi) is 1.30. The first-order valence-electron chi connectivity index (χ1n) is 3.34. The van der Waals surface area contributed by atoms with E-state index in [0.29, 0.717) is 5.52 Å². The zero-order chi connectivity index (χ0) is 8.55. The molecule has 0 saturated carbocycles. The van der Waals surface area contributed by atoms with Crippen LogP contribution in [-0.2, 0) is 0 Å². The highest BCUT2D eigenvalue weighted by molar-refractivity contribution is 5.42. The molecule has 2 aromatic heterocycles. The van der Waals surface area contributed by atoms with E-state index in [4.69, 9.17) is 0 Å². The molecule has 0 saturated heterocycles. The van der Waals surface area contributed by atoms with Crippen LogP contribution in [0, 0.1) is 0 Å². The predicted molar refractivity (Wildman–Crippen MR) is 42.1 cm³/mol. The van der Waals surface area contributed by atoms with Crippen LogP contribution >= 0.6 is 0 Å². The highest BCUT2D eigenvalue weighted by atomic mass is 16.1. The lowest BCUT2D eigenvalue weighted by atomic mass is 10.4. The second kappa shape index (κ2) is 2.30. The second-order valence-electron chi connectivity index (χ2n) is 2.30. The molecule has 0 aromatic carbocycles. The van der Waals surface area contributed by atoms with Crippen molar-refractivity contribution in [3.05, 3.63) is 45.2 Å². The molecular weight excluding hydrogens is 158 g/mol. The molecule has 0 amide bonds. The van der Waals surface area contributed by atoms with Crippen LogP contribution < -0.4 is 11.1 Å². The smallest absolute Gasteiger partial charge is 0.269 e. The van der Waals surface area contributed by atoms with Gasteiger partial charge in [0.15, 0.2) is 0 Å². The Morgan fingerprint density at radius 2 is 2.17 bits per heavy atom. The summed E-state index contributed by atoms with van der Waals surface area (Å²) in [4.78, 5) is 22.2. The van der Waals surface area contributed by atoms with E-state index in [1.807, 2.05) is 0 Å². The third kappa shape index (κ3) is 0.833. The molecule has 0 bridgehead atoms. The first kappa shape index (κ1) is 6.78. The van der Waals surface area contributed by atoms with E-state index in [-0.39, 0.29) is 11.1 Å². The molecule has 1 N–H and O–H groups in total. The Morgan fingerprint density at radius 3 is 2.92 bits per heavy atom. The summed E-state index contributed by atoms with van der Waals surface area (Å²) in [6.45, 7) is 0. The van der Waals surface area contributed by atoms with E-state index in [9.17, 15) is 9.59 Å². The SMILES string of the molecule is O=c1[nH]ncn2c(=O)cccc12. The lowest BCUT2D eigenvalue weighted by Gasteiger charge is -1.94. The highest BCUT2D eigenvalue weighted by Gasteiger charge is 1.96. The monoisotopic (exact) mass is 163 g/mol. The van der Waals surface area contributed by atoms with Gasteiger partial charge in [-0.05, 0) is 6.07 Å². The number of pyridine rings is 1. The van der Waals surface area contributed by atoms with Crippen molar-refractivity contribution in [3.63, 3.8) is 0 Å². The topological polar surface area (TPSA) is 67.2 Å². The van der Waals surface area contributed by atoms with E-state index in [2.05, 4.69) is 10.2 Å². The minimum atomic E-state index is -0.366. The van der Waals surface area contributed by atoms with Crippen LogP contribution in [0.4, 0.5) is 0 Å². The lowest BCUT2D eigenvalue weighted by Crippen LogP contribution is -2.20. The standard InChI is InChI=1S/C7H5N3O2/c11-6-3-1-2-5-7(12)9-8-4-10(5)6/h1-4H,(H,9,12). The molecule has 2 heterocycles. The van der Waals surface area contributed by atoms with Gasteiger partial charge in [-0.2, -0.15) is 5.10 Å². The number of rotatable bonds is 0. The van der Waals surface area contributed by atoms with Crippen LogP contribution in [0.5, 0.6) is 0 Å². The Labute approximate surface area is 66.3 Å². The molecule has 2 aromatic rings. The van der Waals surface area contributed by atoms with Crippen molar-refractivity contribution < 1.29 is 0 Å². The van der Waals surface area contributed by atoms with Crippen LogP contribution in [0.2, 0.25) is 0 Å². The van der Waals surface area contributed by atoms with Crippen molar-refractivity contribution in [1.82, 2.24) is 14.6 Å². The van der Waals surface area contributed by atoms with Gasteiger partial charge in [-0.15, -0.1) is 0 Å². The number of hydrogen-bond acceptors (Lipinski definition) is 3. The summed E-state index contributed by atoms with van der Waals surface area (Å²) in [5.41, 5.74) is -0.321. The van der Waals surface area contributed by atoms with Crippen LogP contribution in [-0.4, -0.2) is 14.6 Å². The number of hydrogen-bond donors (Lipinski definition) is 1. The quantitative estimate of drug-likeness (QED) is 0.563. The van der Waals surface area contributed by atoms with Crippen molar-refractivity contribution in [2.75, 3.05) is 0 Å². The number of fused-ring (bicyclic) bond motifs is 1. The molecule has 0 fully saturated rings. The Hall–Kier alpha value is -1.91. The first-order chi connectivity index (χ1) is 5.79. The molecule has 0 spiro atoms. The molecule has 5 nitrogen and oxygen atoms in total. The molecule has 5 heteroatoms.